The van der Waals surface area contributed by atoms with E-state index in [-0.39, 0.29) is 11.8 Å². The molecule has 1 atom stereocenters. The quantitative estimate of drug-likeness (QED) is 0.576. The van der Waals surface area contributed by atoms with Crippen molar-refractivity contribution in [2.75, 3.05) is 44.1 Å². The highest BCUT2D eigenvalue weighted by molar-refractivity contribution is 7.98. The number of fused-ring (bicyclic) bond motifs is 1. The molecule has 31 heavy (non-hydrogen) atoms. The normalized spacial score (nSPS) is 19.8. The van der Waals surface area contributed by atoms with E-state index in [2.05, 4.69) is 34.5 Å². The molecule has 0 spiro atoms. The second-order valence-corrected chi connectivity index (χ2v) is 8.82. The maximum absolute atomic E-state index is 12.8. The zero-order valence-electron chi connectivity index (χ0n) is 17.9. The fraction of sp³-hybridized carbons (Fsp3) is 0.500. The first-order valence-electron chi connectivity index (χ1n) is 10.7. The molecule has 5 rings (SSSR count). The molecule has 2 saturated heterocycles. The van der Waals surface area contributed by atoms with Crippen molar-refractivity contribution in [2.45, 2.75) is 30.4 Å². The zero-order chi connectivity index (χ0) is 21.4. The first-order chi connectivity index (χ1) is 15.2. The highest BCUT2D eigenvalue weighted by Crippen LogP contribution is 2.34. The molecule has 0 N–H and O–H groups in total. The van der Waals surface area contributed by atoms with Crippen molar-refractivity contribution in [3.63, 3.8) is 0 Å². The van der Waals surface area contributed by atoms with E-state index >= 15 is 0 Å². The van der Waals surface area contributed by atoms with Gasteiger partial charge in [-0.15, -0.1) is 11.8 Å². The number of morpholine rings is 1. The van der Waals surface area contributed by atoms with Crippen LogP contribution in [-0.2, 0) is 16.5 Å². The summed E-state index contributed by atoms with van der Waals surface area (Å²) < 4.78 is 14.9. The van der Waals surface area contributed by atoms with E-state index in [0.717, 1.165) is 47.4 Å². The Kier molecular flexibility index (Phi) is 5.73. The van der Waals surface area contributed by atoms with Crippen LogP contribution in [-0.4, -0.2) is 58.7 Å². The van der Waals surface area contributed by atoms with E-state index in [0.29, 0.717) is 37.7 Å². The van der Waals surface area contributed by atoms with Gasteiger partial charge in [0.1, 0.15) is 17.1 Å². The molecule has 3 aromatic rings. The lowest BCUT2D eigenvalue weighted by atomic mass is 10.1. The maximum Gasteiger partial charge on any atom is 0.290 e. The Labute approximate surface area is 185 Å². The van der Waals surface area contributed by atoms with E-state index in [4.69, 9.17) is 14.6 Å². The van der Waals surface area contributed by atoms with E-state index in [1.807, 2.05) is 10.7 Å². The first-order valence-corrected chi connectivity index (χ1v) is 12.0. The summed E-state index contributed by atoms with van der Waals surface area (Å²) in [6.07, 6.45) is 5.15. The van der Waals surface area contributed by atoms with Gasteiger partial charge in [0, 0.05) is 37.0 Å². The van der Waals surface area contributed by atoms with Gasteiger partial charge < -0.3 is 14.4 Å². The number of rotatable bonds is 4. The zero-order valence-corrected chi connectivity index (χ0v) is 18.7. The molecule has 2 aromatic heterocycles. The minimum absolute atomic E-state index is 0.0728. The first kappa shape index (κ1) is 20.5. The van der Waals surface area contributed by atoms with Crippen LogP contribution in [0.15, 0.2) is 34.0 Å². The number of ether oxygens (including phenoxy) is 2. The number of hydrogen-bond acceptors (Lipinski definition) is 7. The van der Waals surface area contributed by atoms with Crippen molar-refractivity contribution >= 4 is 28.4 Å². The molecule has 0 radical (unpaired) electrons. The third kappa shape index (κ3) is 3.86. The molecule has 164 valence electrons. The smallest absolute Gasteiger partial charge is 0.290 e. The van der Waals surface area contributed by atoms with Gasteiger partial charge in [0.05, 0.1) is 18.7 Å². The number of aromatic nitrogens is 4. The van der Waals surface area contributed by atoms with Crippen molar-refractivity contribution < 1.29 is 9.47 Å². The highest BCUT2D eigenvalue weighted by atomic mass is 32.2. The number of thioether (sulfide) groups is 1. The van der Waals surface area contributed by atoms with Crippen LogP contribution in [0.2, 0.25) is 0 Å². The standard InChI is InChI=1S/C22H27N5O3S/c1-25-22(28)19(26-8-11-29-12-9-26)14-17(23-25)21-16-13-15(31-2)6-7-18(16)27(24-21)20-5-3-4-10-30-20/h6-7,13-14,20H,3-5,8-12H2,1-2H3. The molecular weight excluding hydrogens is 414 g/mol. The minimum atomic E-state index is -0.102. The third-order valence-corrected chi connectivity index (χ3v) is 6.71. The van der Waals surface area contributed by atoms with E-state index in [1.165, 1.54) is 4.68 Å². The van der Waals surface area contributed by atoms with Crippen LogP contribution in [0.3, 0.4) is 0 Å². The second-order valence-electron chi connectivity index (χ2n) is 7.94. The molecule has 0 saturated carbocycles. The van der Waals surface area contributed by atoms with Crippen molar-refractivity contribution in [1.82, 2.24) is 19.6 Å². The van der Waals surface area contributed by atoms with Crippen molar-refractivity contribution in [2.24, 2.45) is 7.05 Å². The number of hydrogen-bond donors (Lipinski definition) is 0. The lowest BCUT2D eigenvalue weighted by Crippen LogP contribution is -2.40. The van der Waals surface area contributed by atoms with Gasteiger partial charge in [-0.05, 0) is 49.8 Å². The van der Waals surface area contributed by atoms with Crippen LogP contribution in [0.4, 0.5) is 5.69 Å². The summed E-state index contributed by atoms with van der Waals surface area (Å²) >= 11 is 1.70. The van der Waals surface area contributed by atoms with Gasteiger partial charge in [-0.2, -0.15) is 10.2 Å². The molecular formula is C22H27N5O3S. The van der Waals surface area contributed by atoms with Crippen LogP contribution in [0.1, 0.15) is 25.5 Å². The number of aryl methyl sites for hydroxylation is 1. The molecule has 2 aliphatic heterocycles. The largest absolute Gasteiger partial charge is 0.378 e. The lowest BCUT2D eigenvalue weighted by molar-refractivity contribution is -0.0365. The van der Waals surface area contributed by atoms with Crippen LogP contribution in [0, 0.1) is 0 Å². The van der Waals surface area contributed by atoms with E-state index in [1.54, 1.807) is 18.8 Å². The Morgan fingerprint density at radius 2 is 1.94 bits per heavy atom. The molecule has 8 nitrogen and oxygen atoms in total. The van der Waals surface area contributed by atoms with Gasteiger partial charge in [-0.25, -0.2) is 9.36 Å². The molecule has 4 heterocycles. The van der Waals surface area contributed by atoms with Crippen LogP contribution >= 0.6 is 11.8 Å². The summed E-state index contributed by atoms with van der Waals surface area (Å²) in [7, 11) is 1.70. The molecule has 2 fully saturated rings. The van der Waals surface area contributed by atoms with E-state index in [9.17, 15) is 4.79 Å². The molecule has 0 aliphatic carbocycles. The maximum atomic E-state index is 12.8. The van der Waals surface area contributed by atoms with Crippen molar-refractivity contribution in [3.8, 4) is 11.4 Å². The second kappa shape index (κ2) is 8.64. The fourth-order valence-corrected chi connectivity index (χ4v) is 4.75. The summed E-state index contributed by atoms with van der Waals surface area (Å²) in [4.78, 5) is 16.1. The average molecular weight is 442 g/mol. The Bertz CT molecular complexity index is 1150. The molecule has 1 unspecified atom stereocenters. The van der Waals surface area contributed by atoms with Gasteiger partial charge in [0.2, 0.25) is 0 Å². The molecule has 0 bridgehead atoms. The lowest BCUT2D eigenvalue weighted by Gasteiger charge is -2.28. The van der Waals surface area contributed by atoms with Gasteiger partial charge >= 0.3 is 0 Å². The Hall–Kier alpha value is -2.36. The minimum Gasteiger partial charge on any atom is -0.378 e. The molecule has 2 aliphatic rings. The van der Waals surface area contributed by atoms with E-state index < -0.39 is 0 Å². The molecule has 0 amide bonds. The highest BCUT2D eigenvalue weighted by Gasteiger charge is 2.24. The summed E-state index contributed by atoms with van der Waals surface area (Å²) in [6.45, 7) is 3.38. The SMILES string of the molecule is CSc1ccc2c(c1)c(-c1cc(N3CCOCC3)c(=O)n(C)n1)nn2C1CCCCO1. The van der Waals surface area contributed by atoms with Gasteiger partial charge in [0.15, 0.2) is 6.23 Å². The van der Waals surface area contributed by atoms with Crippen molar-refractivity contribution in [1.29, 1.82) is 0 Å². The number of anilines is 1. The molecule has 1 aromatic carbocycles. The van der Waals surface area contributed by atoms with Crippen LogP contribution in [0.5, 0.6) is 0 Å². The topological polar surface area (TPSA) is 74.4 Å². The third-order valence-electron chi connectivity index (χ3n) is 5.98. The average Bonchev–Trinajstić information content (AvgIpc) is 3.20. The van der Waals surface area contributed by atoms with Gasteiger partial charge in [0.25, 0.3) is 5.56 Å². The van der Waals surface area contributed by atoms with Crippen molar-refractivity contribution in [3.05, 3.63) is 34.6 Å². The summed E-state index contributed by atoms with van der Waals surface area (Å²) in [5, 5.41) is 10.6. The predicted octanol–water partition coefficient (Wildman–Crippen LogP) is 3.05. The fourth-order valence-electron chi connectivity index (χ4n) is 4.31. The Morgan fingerprint density at radius 3 is 2.68 bits per heavy atom. The number of nitrogens with zero attached hydrogens (tertiary/aromatic N) is 5. The van der Waals surface area contributed by atoms with Crippen LogP contribution in [0.25, 0.3) is 22.3 Å². The van der Waals surface area contributed by atoms with Gasteiger partial charge in [-0.3, -0.25) is 4.79 Å². The van der Waals surface area contributed by atoms with Crippen LogP contribution < -0.4 is 10.5 Å². The Balaban J connectivity index is 1.67. The molecule has 9 heteroatoms. The summed E-state index contributed by atoms with van der Waals surface area (Å²) in [5.41, 5.74) is 3.05. The van der Waals surface area contributed by atoms with Gasteiger partial charge in [-0.1, -0.05) is 0 Å². The monoisotopic (exact) mass is 441 g/mol. The summed E-state index contributed by atoms with van der Waals surface area (Å²) in [5.74, 6) is 0. The summed E-state index contributed by atoms with van der Waals surface area (Å²) in [6, 6.07) is 8.27. The predicted molar refractivity (Wildman–Crippen MR) is 122 cm³/mol. The Morgan fingerprint density at radius 1 is 1.10 bits per heavy atom. The number of benzene rings is 1.